The van der Waals surface area contributed by atoms with Gasteiger partial charge in [-0.15, -0.1) is 0 Å². The van der Waals surface area contributed by atoms with Crippen molar-refractivity contribution in [1.82, 2.24) is 57.7 Å². The van der Waals surface area contributed by atoms with Crippen LogP contribution in [0.15, 0.2) is 0 Å². The number of carboxylic acid groups (broad SMARTS) is 2. The van der Waals surface area contributed by atoms with Crippen molar-refractivity contribution >= 4 is 102 Å². The molecule has 2 heterocycles. The minimum Gasteiger partial charge on any atom is -0.481 e. The number of nitrogens with one attached hydrogen (secondary N) is 9. The van der Waals surface area contributed by atoms with Gasteiger partial charge in [-0.2, -0.15) is 25.3 Å². The smallest absolute Gasteiger partial charge is 0.327 e. The molecule has 29 nitrogen and oxygen atoms in total. The maximum atomic E-state index is 14.0. The van der Waals surface area contributed by atoms with Crippen LogP contribution in [0.25, 0.3) is 0 Å². The summed E-state index contributed by atoms with van der Waals surface area (Å²) in [6, 6.07) is -16.6. The Morgan fingerprint density at radius 1 is 0.494 bits per heavy atom. The molecule has 0 aromatic rings. The van der Waals surface area contributed by atoms with Crippen LogP contribution in [-0.4, -0.2) is 216 Å². The Morgan fingerprint density at radius 3 is 1.34 bits per heavy atom. The van der Waals surface area contributed by atoms with Gasteiger partial charge in [-0.05, 0) is 79.6 Å². The van der Waals surface area contributed by atoms with Crippen molar-refractivity contribution in [1.29, 1.82) is 0 Å². The SMILES string of the molecule is CC(C)C[C@H](NC(=O)[C@@H]1CCCN1C(=O)[C@H](C)N)C(=O)N[C@@H](C)C(=O)N[C@@H](C)C(=O)N[C@@H](CC(=O)O)C(=O)N[C@H](C(=O)N1CCC[C@H]1C(=O)N[C@H](C(=O)N[C@@H](C)C(=O)N[C@@H](CS)C(=O)N[C@@H](CS)C(=O)O)[C@@H](C)O)[C@@H](C)O. The fourth-order valence-electron chi connectivity index (χ4n) is 8.10. The minimum absolute atomic E-state index is 0.00957. The number of likely N-dealkylation sites (tertiary alicyclic amines) is 2. The van der Waals surface area contributed by atoms with Crippen LogP contribution in [0.2, 0.25) is 0 Å². The molecular formula is C46H76N12O17S2. The van der Waals surface area contributed by atoms with Crippen LogP contribution >= 0.6 is 25.3 Å². The van der Waals surface area contributed by atoms with E-state index in [1.165, 1.54) is 32.6 Å². The summed E-state index contributed by atoms with van der Waals surface area (Å²) in [5.74, 6) is -13.5. The van der Waals surface area contributed by atoms with Crippen LogP contribution in [0, 0.1) is 5.92 Å². The van der Waals surface area contributed by atoms with Crippen molar-refractivity contribution in [2.45, 2.75) is 179 Å². The molecule has 14 atom stereocenters. The molecule has 2 aliphatic heterocycles. The number of hydrogen-bond donors (Lipinski definition) is 16. The number of rotatable bonds is 29. The Labute approximate surface area is 456 Å². The van der Waals surface area contributed by atoms with E-state index in [9.17, 15) is 82.8 Å². The van der Waals surface area contributed by atoms with Crippen molar-refractivity contribution < 1.29 is 82.8 Å². The van der Waals surface area contributed by atoms with Crippen LogP contribution in [-0.2, 0) is 62.3 Å². The number of aliphatic hydroxyl groups is 2. The zero-order valence-corrected chi connectivity index (χ0v) is 46.0. The largest absolute Gasteiger partial charge is 0.481 e. The Balaban J connectivity index is 2.13. The lowest BCUT2D eigenvalue weighted by molar-refractivity contribution is -0.146. The summed E-state index contributed by atoms with van der Waals surface area (Å²) in [7, 11) is 0. The van der Waals surface area contributed by atoms with Crippen LogP contribution in [0.1, 0.15) is 93.9 Å². The molecule has 0 aromatic carbocycles. The topological polar surface area (TPSA) is 444 Å². The number of hydrogen-bond acceptors (Lipinski definition) is 18. The third kappa shape index (κ3) is 20.2. The number of nitrogens with zero attached hydrogens (tertiary/aromatic N) is 2. The molecule has 0 unspecified atom stereocenters. The molecule has 2 rings (SSSR count). The second-order valence-corrected chi connectivity index (χ2v) is 20.2. The molecule has 0 saturated carbocycles. The lowest BCUT2D eigenvalue weighted by Crippen LogP contribution is -2.62. The summed E-state index contributed by atoms with van der Waals surface area (Å²) in [4.78, 5) is 172. The highest BCUT2D eigenvalue weighted by Gasteiger charge is 2.43. The van der Waals surface area contributed by atoms with E-state index in [1.807, 2.05) is 0 Å². The first-order chi connectivity index (χ1) is 35.9. The van der Waals surface area contributed by atoms with Gasteiger partial charge in [0, 0.05) is 24.6 Å². The second kappa shape index (κ2) is 31.2. The van der Waals surface area contributed by atoms with E-state index in [2.05, 4.69) is 73.1 Å². The van der Waals surface area contributed by atoms with Crippen molar-refractivity contribution in [2.75, 3.05) is 24.6 Å². The molecule has 2 aliphatic rings. The first kappa shape index (κ1) is 66.8. The average Bonchev–Trinajstić information content (AvgIpc) is 4.05. The first-order valence-electron chi connectivity index (χ1n) is 25.0. The Kier molecular flexibility index (Phi) is 27.1. The highest BCUT2D eigenvalue weighted by atomic mass is 32.1. The van der Waals surface area contributed by atoms with E-state index in [1.54, 1.807) is 13.8 Å². The molecule has 2 saturated heterocycles. The van der Waals surface area contributed by atoms with Crippen molar-refractivity contribution in [3.63, 3.8) is 0 Å². The van der Waals surface area contributed by atoms with E-state index < -0.39 is 168 Å². The van der Waals surface area contributed by atoms with Crippen molar-refractivity contribution in [3.8, 4) is 0 Å². The number of amides is 11. The lowest BCUT2D eigenvalue weighted by Gasteiger charge is -2.32. The summed E-state index contributed by atoms with van der Waals surface area (Å²) in [5.41, 5.74) is 5.76. The zero-order chi connectivity index (χ0) is 58.8. The first-order valence-corrected chi connectivity index (χ1v) is 26.3. The standard InChI is InChI=1S/C46H76N12O17S2/c1-19(2)15-26(52-41(69)30-11-9-13-57(30)44(72)20(3)47)38(66)49-21(4)35(63)48-22(5)36(64)51-27(16-32(61)62)39(67)56-34(25(8)60)45(73)58-14-10-12-31(58)42(70)55-33(24(7)59)43(71)50-23(6)37(65)53-28(17-76)40(68)54-29(18-77)46(74)75/h19-31,33-34,59-60,76-77H,9-18,47H2,1-8H3,(H,48,63)(H,49,66)(H,50,71)(H,51,64)(H,52,69)(H,53,65)(H,54,68)(H,55,70)(H,56,67)(H,61,62)(H,74,75)/t20-,21-,22-,23-,24+,25+,26-,27-,28-,29-,30-,31-,33-,34-/m0/s1. The zero-order valence-electron chi connectivity index (χ0n) is 44.2. The lowest BCUT2D eigenvalue weighted by atomic mass is 10.0. The Hall–Kier alpha value is -6.31. The molecular weight excluding hydrogens is 1060 g/mol. The van der Waals surface area contributed by atoms with Crippen LogP contribution in [0.5, 0.6) is 0 Å². The molecule has 0 spiro atoms. The maximum Gasteiger partial charge on any atom is 0.327 e. The molecule has 31 heteroatoms. The molecule has 11 amide bonds. The summed E-state index contributed by atoms with van der Waals surface area (Å²) in [6.45, 7) is 11.2. The number of carbonyl (C=O) groups excluding carboxylic acids is 11. The number of aliphatic hydroxyl groups excluding tert-OH is 2. The van der Waals surface area contributed by atoms with Crippen LogP contribution in [0.3, 0.4) is 0 Å². The van der Waals surface area contributed by atoms with Gasteiger partial charge in [-0.1, -0.05) is 13.8 Å². The molecule has 0 bridgehead atoms. The van der Waals surface area contributed by atoms with Gasteiger partial charge in [0.2, 0.25) is 65.0 Å². The van der Waals surface area contributed by atoms with Gasteiger partial charge in [0.15, 0.2) is 0 Å². The van der Waals surface area contributed by atoms with Gasteiger partial charge in [-0.3, -0.25) is 57.5 Å². The number of thiol groups is 2. The highest BCUT2D eigenvalue weighted by molar-refractivity contribution is 7.80. The third-order valence-electron chi connectivity index (χ3n) is 12.4. The Morgan fingerprint density at radius 2 is 0.896 bits per heavy atom. The number of nitrogens with two attached hydrogens (primary N) is 1. The predicted octanol–water partition coefficient (Wildman–Crippen LogP) is -6.03. The molecule has 0 aliphatic carbocycles. The maximum absolute atomic E-state index is 14.0. The molecule has 0 aromatic heterocycles. The van der Waals surface area contributed by atoms with Gasteiger partial charge < -0.3 is 83.8 Å². The van der Waals surface area contributed by atoms with E-state index in [4.69, 9.17) is 5.73 Å². The van der Waals surface area contributed by atoms with Gasteiger partial charge in [0.25, 0.3) is 0 Å². The average molecular weight is 1130 g/mol. The highest BCUT2D eigenvalue weighted by Crippen LogP contribution is 2.21. The van der Waals surface area contributed by atoms with E-state index in [0.717, 1.165) is 18.7 Å². The molecule has 2 fully saturated rings. The van der Waals surface area contributed by atoms with Crippen molar-refractivity contribution in [2.24, 2.45) is 11.7 Å². The molecule has 77 heavy (non-hydrogen) atoms. The predicted molar refractivity (Wildman–Crippen MR) is 278 cm³/mol. The second-order valence-electron chi connectivity index (χ2n) is 19.5. The number of aliphatic carboxylic acids is 2. The van der Waals surface area contributed by atoms with Gasteiger partial charge in [-0.25, -0.2) is 4.79 Å². The van der Waals surface area contributed by atoms with E-state index >= 15 is 0 Å². The third-order valence-corrected chi connectivity index (χ3v) is 13.1. The summed E-state index contributed by atoms with van der Waals surface area (Å²) >= 11 is 7.89. The van der Waals surface area contributed by atoms with Gasteiger partial charge in [0.1, 0.15) is 66.5 Å². The van der Waals surface area contributed by atoms with E-state index in [-0.39, 0.29) is 43.2 Å². The molecule has 15 N–H and O–H groups in total. The summed E-state index contributed by atoms with van der Waals surface area (Å²) in [6.07, 6.45) is -3.11. The number of carboxylic acids is 2. The van der Waals surface area contributed by atoms with Crippen LogP contribution in [0.4, 0.5) is 0 Å². The summed E-state index contributed by atoms with van der Waals surface area (Å²) < 4.78 is 0. The quantitative estimate of drug-likeness (QED) is 0.0310. The van der Waals surface area contributed by atoms with Gasteiger partial charge >= 0.3 is 11.9 Å². The van der Waals surface area contributed by atoms with E-state index in [0.29, 0.717) is 19.4 Å². The monoisotopic (exact) mass is 1130 g/mol. The molecule has 434 valence electrons. The summed E-state index contributed by atoms with van der Waals surface area (Å²) in [5, 5.41) is 61.2. The van der Waals surface area contributed by atoms with Crippen molar-refractivity contribution in [3.05, 3.63) is 0 Å². The minimum atomic E-state index is -1.92. The fraction of sp³-hybridized carbons (Fsp3) is 0.717. The number of carbonyl (C=O) groups is 13. The van der Waals surface area contributed by atoms with Crippen LogP contribution < -0.4 is 53.6 Å². The molecule has 0 radical (unpaired) electrons. The normalized spacial score (nSPS) is 19.9. The Bertz CT molecular complexity index is 2190. The fourth-order valence-corrected chi connectivity index (χ4v) is 8.60. The van der Waals surface area contributed by atoms with Gasteiger partial charge in [0.05, 0.1) is 24.7 Å².